The molecule has 23 heavy (non-hydrogen) atoms. The second kappa shape index (κ2) is 8.14. The Morgan fingerprint density at radius 1 is 1.30 bits per heavy atom. The quantitative estimate of drug-likeness (QED) is 0.794. The van der Waals surface area contributed by atoms with E-state index in [0.717, 1.165) is 12.8 Å². The van der Waals surface area contributed by atoms with Gasteiger partial charge in [-0.15, -0.1) is 0 Å². The molecule has 2 rings (SSSR count). The normalized spacial score (nSPS) is 18.1. The van der Waals surface area contributed by atoms with Crippen LogP contribution in [0.5, 0.6) is 0 Å². The zero-order valence-electron chi connectivity index (χ0n) is 12.9. The third kappa shape index (κ3) is 5.05. The van der Waals surface area contributed by atoms with Gasteiger partial charge in [-0.2, -0.15) is 0 Å². The number of sulfonamides is 1. The minimum absolute atomic E-state index is 0.00150. The minimum Gasteiger partial charge on any atom is -0.393 e. The molecule has 0 unspecified atom stereocenters. The van der Waals surface area contributed by atoms with E-state index in [0.29, 0.717) is 30.2 Å². The Kier molecular flexibility index (Phi) is 6.71. The monoisotopic (exact) mass is 381 g/mol. The highest BCUT2D eigenvalue weighted by molar-refractivity contribution is 7.89. The molecule has 1 aliphatic heterocycles. The average Bonchev–Trinajstić information content (AvgIpc) is 2.51. The van der Waals surface area contributed by atoms with Crippen LogP contribution >= 0.6 is 23.2 Å². The number of nitrogens with one attached hydrogen (secondary N) is 1. The number of halogens is 2. The molecule has 0 bridgehead atoms. The molecule has 1 saturated heterocycles. The summed E-state index contributed by atoms with van der Waals surface area (Å²) in [5.74, 6) is 0.162. The van der Waals surface area contributed by atoms with E-state index in [1.54, 1.807) is 6.92 Å². The van der Waals surface area contributed by atoms with Gasteiger partial charge in [0.15, 0.2) is 0 Å². The molecule has 8 heteroatoms. The molecule has 0 saturated carbocycles. The van der Waals surface area contributed by atoms with Crippen molar-refractivity contribution < 1.29 is 18.3 Å². The molecule has 1 heterocycles. The van der Waals surface area contributed by atoms with Crippen LogP contribution in [0.3, 0.4) is 0 Å². The second-order valence-corrected chi connectivity index (χ2v) is 8.29. The lowest BCUT2D eigenvalue weighted by Crippen LogP contribution is -2.32. The van der Waals surface area contributed by atoms with Crippen molar-refractivity contribution in [2.75, 3.05) is 19.8 Å². The zero-order valence-corrected chi connectivity index (χ0v) is 15.2. The number of aryl methyl sites for hydroxylation is 1. The first-order valence-corrected chi connectivity index (χ1v) is 9.76. The summed E-state index contributed by atoms with van der Waals surface area (Å²) >= 11 is 11.9. The molecule has 5 nitrogen and oxygen atoms in total. The van der Waals surface area contributed by atoms with E-state index >= 15 is 0 Å². The number of aliphatic hydroxyl groups is 1. The molecule has 1 aliphatic rings. The number of hydrogen-bond acceptors (Lipinski definition) is 4. The maximum atomic E-state index is 12.3. The molecule has 0 radical (unpaired) electrons. The van der Waals surface area contributed by atoms with Crippen LogP contribution in [0.1, 0.15) is 24.8 Å². The number of hydrogen-bond donors (Lipinski definition) is 2. The Balaban J connectivity index is 1.95. The van der Waals surface area contributed by atoms with Crippen LogP contribution in [-0.2, 0) is 14.8 Å². The molecule has 0 spiro atoms. The van der Waals surface area contributed by atoms with Crippen molar-refractivity contribution in [1.29, 1.82) is 0 Å². The lowest BCUT2D eigenvalue weighted by molar-refractivity contribution is 0.00567. The van der Waals surface area contributed by atoms with E-state index < -0.39 is 16.1 Å². The Morgan fingerprint density at radius 2 is 1.96 bits per heavy atom. The van der Waals surface area contributed by atoms with Gasteiger partial charge in [0.05, 0.1) is 11.1 Å². The smallest absolute Gasteiger partial charge is 0.242 e. The van der Waals surface area contributed by atoms with Crippen molar-refractivity contribution in [2.24, 2.45) is 5.92 Å². The van der Waals surface area contributed by atoms with Crippen molar-refractivity contribution in [2.45, 2.75) is 37.2 Å². The Hall–Kier alpha value is -0.370. The van der Waals surface area contributed by atoms with Crippen molar-refractivity contribution in [3.05, 3.63) is 27.7 Å². The molecule has 0 aliphatic carbocycles. The maximum Gasteiger partial charge on any atom is 0.242 e. The van der Waals surface area contributed by atoms with Crippen LogP contribution in [0, 0.1) is 12.8 Å². The predicted octanol–water partition coefficient (Wildman–Crippen LogP) is 2.76. The summed E-state index contributed by atoms with van der Waals surface area (Å²) < 4.78 is 32.4. The van der Waals surface area contributed by atoms with Gasteiger partial charge >= 0.3 is 0 Å². The molecule has 2 N–H and O–H groups in total. The molecule has 1 atom stereocenters. The highest BCUT2D eigenvalue weighted by Gasteiger charge is 2.23. The number of ether oxygens (including phenoxy) is 1. The van der Waals surface area contributed by atoms with Crippen molar-refractivity contribution in [3.8, 4) is 0 Å². The SMILES string of the molecule is Cc1cc(S(=O)(=O)NCC[C@H](O)C2CCOCC2)c(Cl)cc1Cl. The lowest BCUT2D eigenvalue weighted by atomic mass is 9.92. The molecule has 130 valence electrons. The largest absolute Gasteiger partial charge is 0.393 e. The Morgan fingerprint density at radius 3 is 2.61 bits per heavy atom. The van der Waals surface area contributed by atoms with Gasteiger partial charge in [0.25, 0.3) is 0 Å². The van der Waals surface area contributed by atoms with Gasteiger partial charge < -0.3 is 9.84 Å². The third-order valence-electron chi connectivity index (χ3n) is 4.04. The summed E-state index contributed by atoms with van der Waals surface area (Å²) in [6, 6.07) is 2.87. The fourth-order valence-electron chi connectivity index (χ4n) is 2.59. The van der Waals surface area contributed by atoms with Crippen LogP contribution in [-0.4, -0.2) is 39.4 Å². The van der Waals surface area contributed by atoms with Crippen molar-refractivity contribution >= 4 is 33.2 Å². The summed E-state index contributed by atoms with van der Waals surface area (Å²) in [6.07, 6.45) is 1.42. The molecule has 0 amide bonds. The summed E-state index contributed by atoms with van der Waals surface area (Å²) in [6.45, 7) is 3.16. The molecule has 1 aromatic carbocycles. The van der Waals surface area contributed by atoms with Crippen molar-refractivity contribution in [1.82, 2.24) is 4.72 Å². The van der Waals surface area contributed by atoms with Crippen molar-refractivity contribution in [3.63, 3.8) is 0 Å². The standard InChI is InChI=1S/C15H21Cl2NO4S/c1-10-8-15(13(17)9-12(10)16)23(20,21)18-5-2-14(19)11-3-6-22-7-4-11/h8-9,11,14,18-19H,2-7H2,1H3/t14-/m0/s1. The van der Waals surface area contributed by atoms with Crippen LogP contribution in [0.4, 0.5) is 0 Å². The van der Waals surface area contributed by atoms with E-state index in [4.69, 9.17) is 27.9 Å². The average molecular weight is 382 g/mol. The second-order valence-electron chi connectivity index (χ2n) is 5.74. The number of rotatable bonds is 6. The lowest BCUT2D eigenvalue weighted by Gasteiger charge is -2.26. The fraction of sp³-hybridized carbons (Fsp3) is 0.600. The van der Waals surface area contributed by atoms with Crippen LogP contribution < -0.4 is 4.72 Å². The fourth-order valence-corrected chi connectivity index (χ4v) is 4.47. The van der Waals surface area contributed by atoms with E-state index in [-0.39, 0.29) is 22.4 Å². The van der Waals surface area contributed by atoms with Gasteiger partial charge in [-0.3, -0.25) is 0 Å². The van der Waals surface area contributed by atoms with Gasteiger partial charge in [0.1, 0.15) is 4.90 Å². The molecular formula is C15H21Cl2NO4S. The topological polar surface area (TPSA) is 75.6 Å². The first-order chi connectivity index (χ1) is 10.8. The van der Waals surface area contributed by atoms with Crippen LogP contribution in [0.15, 0.2) is 17.0 Å². The van der Waals surface area contributed by atoms with E-state index in [2.05, 4.69) is 4.72 Å². The van der Waals surface area contributed by atoms with Gasteiger partial charge in [-0.05, 0) is 49.8 Å². The summed E-state index contributed by atoms with van der Waals surface area (Å²) in [4.78, 5) is 0.00150. The third-order valence-corrected chi connectivity index (χ3v) is 6.38. The Labute approximate surface area is 147 Å². The summed E-state index contributed by atoms with van der Waals surface area (Å²) in [7, 11) is -3.73. The van der Waals surface area contributed by atoms with Gasteiger partial charge in [0.2, 0.25) is 10.0 Å². The van der Waals surface area contributed by atoms with E-state index in [1.165, 1.54) is 12.1 Å². The summed E-state index contributed by atoms with van der Waals surface area (Å²) in [5.41, 5.74) is 0.638. The first-order valence-electron chi connectivity index (χ1n) is 7.52. The highest BCUT2D eigenvalue weighted by Crippen LogP contribution is 2.28. The zero-order chi connectivity index (χ0) is 17.0. The minimum atomic E-state index is -3.73. The molecule has 0 aromatic heterocycles. The molecular weight excluding hydrogens is 361 g/mol. The number of aliphatic hydroxyl groups excluding tert-OH is 1. The first kappa shape index (κ1) is 19.0. The molecule has 1 fully saturated rings. The Bertz CT molecular complexity index is 645. The summed E-state index contributed by atoms with van der Waals surface area (Å²) in [5, 5.41) is 10.6. The maximum absolute atomic E-state index is 12.3. The molecule has 1 aromatic rings. The highest BCUT2D eigenvalue weighted by atomic mass is 35.5. The van der Waals surface area contributed by atoms with E-state index in [9.17, 15) is 13.5 Å². The van der Waals surface area contributed by atoms with Gasteiger partial charge in [-0.25, -0.2) is 13.1 Å². The van der Waals surface area contributed by atoms with Gasteiger partial charge in [0, 0.05) is 24.8 Å². The predicted molar refractivity (Wildman–Crippen MR) is 90.6 cm³/mol. The van der Waals surface area contributed by atoms with Crippen LogP contribution in [0.2, 0.25) is 10.0 Å². The van der Waals surface area contributed by atoms with E-state index in [1.807, 2.05) is 0 Å². The van der Waals surface area contributed by atoms with Crippen LogP contribution in [0.25, 0.3) is 0 Å². The van der Waals surface area contributed by atoms with Gasteiger partial charge in [-0.1, -0.05) is 23.2 Å². The number of benzene rings is 1.